The number of halogens is 4. The summed E-state index contributed by atoms with van der Waals surface area (Å²) in [6, 6.07) is 3.61. The van der Waals surface area contributed by atoms with Crippen LogP contribution >= 0.6 is 12.4 Å². The van der Waals surface area contributed by atoms with Gasteiger partial charge in [0.15, 0.2) is 0 Å². The summed E-state index contributed by atoms with van der Waals surface area (Å²) in [6.45, 7) is -0.0434. The van der Waals surface area contributed by atoms with Crippen molar-refractivity contribution in [1.29, 1.82) is 0 Å². The predicted octanol–water partition coefficient (Wildman–Crippen LogP) is 2.10. The number of carbonyl (C=O) groups is 1. The molecule has 0 aliphatic rings. The van der Waals surface area contributed by atoms with Crippen molar-refractivity contribution in [3.8, 4) is 5.75 Å². The number of ether oxygens (including phenoxy) is 1. The van der Waals surface area contributed by atoms with Gasteiger partial charge in [-0.3, -0.25) is 4.79 Å². The van der Waals surface area contributed by atoms with Crippen molar-refractivity contribution >= 4 is 18.3 Å². The maximum Gasteiger partial charge on any atom is 0.416 e. The van der Waals surface area contributed by atoms with Crippen molar-refractivity contribution < 1.29 is 22.7 Å². The Labute approximate surface area is 120 Å². The summed E-state index contributed by atoms with van der Waals surface area (Å²) < 4.78 is 43.3. The summed E-state index contributed by atoms with van der Waals surface area (Å²) in [7, 11) is 1.29. The molecule has 4 nitrogen and oxygen atoms in total. The van der Waals surface area contributed by atoms with Gasteiger partial charge in [-0.2, -0.15) is 13.2 Å². The van der Waals surface area contributed by atoms with Gasteiger partial charge < -0.3 is 15.8 Å². The Morgan fingerprint density at radius 3 is 2.55 bits per heavy atom. The molecule has 0 atom stereocenters. The monoisotopic (exact) mass is 312 g/mol. The Balaban J connectivity index is 0.00000361. The van der Waals surface area contributed by atoms with Gasteiger partial charge in [0.25, 0.3) is 0 Å². The van der Waals surface area contributed by atoms with E-state index in [1.807, 2.05) is 0 Å². The van der Waals surface area contributed by atoms with Gasteiger partial charge in [0.05, 0.1) is 12.7 Å². The summed E-state index contributed by atoms with van der Waals surface area (Å²) in [5.41, 5.74) is 4.34. The molecule has 0 radical (unpaired) electrons. The molecule has 0 bridgehead atoms. The fraction of sp³-hybridized carbons (Fsp3) is 0.417. The van der Waals surface area contributed by atoms with Gasteiger partial charge in [-0.25, -0.2) is 0 Å². The summed E-state index contributed by atoms with van der Waals surface area (Å²) in [4.78, 5) is 11.2. The molecule has 8 heteroatoms. The van der Waals surface area contributed by atoms with E-state index in [0.717, 1.165) is 6.07 Å². The molecule has 0 aliphatic carbocycles. The lowest BCUT2D eigenvalue weighted by Gasteiger charge is -2.14. The minimum atomic E-state index is -4.50. The Morgan fingerprint density at radius 2 is 2.05 bits per heavy atom. The third-order valence-corrected chi connectivity index (χ3v) is 2.47. The zero-order valence-electron chi connectivity index (χ0n) is 10.8. The predicted molar refractivity (Wildman–Crippen MR) is 70.8 cm³/mol. The van der Waals surface area contributed by atoms with Crippen molar-refractivity contribution in [2.75, 3.05) is 13.7 Å². The van der Waals surface area contributed by atoms with Gasteiger partial charge in [0, 0.05) is 19.5 Å². The van der Waals surface area contributed by atoms with Crippen molar-refractivity contribution in [2.24, 2.45) is 5.73 Å². The molecule has 114 valence electrons. The van der Waals surface area contributed by atoms with Crippen LogP contribution in [-0.4, -0.2) is 19.6 Å². The Bertz CT molecular complexity index is 453. The summed E-state index contributed by atoms with van der Waals surface area (Å²) >= 11 is 0. The Morgan fingerprint density at radius 1 is 1.40 bits per heavy atom. The number of methoxy groups -OCH3 is 1. The first-order valence-corrected chi connectivity index (χ1v) is 5.59. The number of amides is 1. The van der Waals surface area contributed by atoms with E-state index in [0.29, 0.717) is 0 Å². The molecule has 0 heterocycles. The summed E-state index contributed by atoms with van der Waals surface area (Å²) in [6.07, 6.45) is -4.42. The highest BCUT2D eigenvalue weighted by Gasteiger charge is 2.33. The lowest BCUT2D eigenvalue weighted by Crippen LogP contribution is -2.26. The van der Waals surface area contributed by atoms with E-state index in [-0.39, 0.29) is 49.1 Å². The highest BCUT2D eigenvalue weighted by molar-refractivity contribution is 5.85. The number of nitrogens with two attached hydrogens (primary N) is 1. The summed E-state index contributed by atoms with van der Waals surface area (Å²) in [5.74, 6) is -0.268. The molecular weight excluding hydrogens is 297 g/mol. The topological polar surface area (TPSA) is 64.3 Å². The molecule has 1 aromatic carbocycles. The average molecular weight is 313 g/mol. The molecule has 0 aliphatic heterocycles. The lowest BCUT2D eigenvalue weighted by atomic mass is 10.1. The second-order valence-corrected chi connectivity index (χ2v) is 3.84. The molecule has 0 saturated heterocycles. The van der Waals surface area contributed by atoms with Gasteiger partial charge in [0.1, 0.15) is 5.75 Å². The van der Waals surface area contributed by atoms with Gasteiger partial charge in [0.2, 0.25) is 5.91 Å². The smallest absolute Gasteiger partial charge is 0.416 e. The highest BCUT2D eigenvalue weighted by Crippen LogP contribution is 2.34. The highest BCUT2D eigenvalue weighted by atomic mass is 35.5. The number of nitrogens with one attached hydrogen (secondary N) is 1. The van der Waals surface area contributed by atoms with Crippen LogP contribution in [0.3, 0.4) is 0 Å². The molecule has 1 amide bonds. The second-order valence-electron chi connectivity index (χ2n) is 3.84. The SMILES string of the molecule is COc1ccc(CNC(=O)CCN)c(C(F)(F)F)c1.Cl. The van der Waals surface area contributed by atoms with Crippen LogP contribution in [0.1, 0.15) is 17.5 Å². The zero-order valence-corrected chi connectivity index (χ0v) is 11.6. The molecule has 0 saturated carbocycles. The van der Waals surface area contributed by atoms with Crippen LogP contribution in [-0.2, 0) is 17.5 Å². The number of benzene rings is 1. The van der Waals surface area contributed by atoms with Crippen LogP contribution < -0.4 is 15.8 Å². The minimum Gasteiger partial charge on any atom is -0.497 e. The fourth-order valence-electron chi connectivity index (χ4n) is 1.51. The first kappa shape index (κ1) is 18.5. The van der Waals surface area contributed by atoms with Gasteiger partial charge in [-0.1, -0.05) is 6.07 Å². The molecule has 1 aromatic rings. The zero-order chi connectivity index (χ0) is 14.5. The maximum absolute atomic E-state index is 12.8. The minimum absolute atomic E-state index is 0. The van der Waals surface area contributed by atoms with E-state index < -0.39 is 11.7 Å². The van der Waals surface area contributed by atoms with Crippen molar-refractivity contribution in [1.82, 2.24) is 5.32 Å². The molecule has 0 unspecified atom stereocenters. The average Bonchev–Trinajstić information content (AvgIpc) is 2.35. The third kappa shape index (κ3) is 5.26. The van der Waals surface area contributed by atoms with E-state index in [1.165, 1.54) is 19.2 Å². The number of hydrogen-bond acceptors (Lipinski definition) is 3. The lowest BCUT2D eigenvalue weighted by molar-refractivity contribution is -0.138. The molecule has 1 rings (SSSR count). The molecular formula is C12H16ClF3N2O2. The van der Waals surface area contributed by atoms with Crippen molar-refractivity contribution in [3.05, 3.63) is 29.3 Å². The van der Waals surface area contributed by atoms with Crippen molar-refractivity contribution in [2.45, 2.75) is 19.1 Å². The van der Waals surface area contributed by atoms with Gasteiger partial charge >= 0.3 is 6.18 Å². The van der Waals surface area contributed by atoms with E-state index in [4.69, 9.17) is 10.5 Å². The fourth-order valence-corrected chi connectivity index (χ4v) is 1.51. The van der Waals surface area contributed by atoms with E-state index in [9.17, 15) is 18.0 Å². The van der Waals surface area contributed by atoms with E-state index in [1.54, 1.807) is 0 Å². The Kier molecular flexibility index (Phi) is 7.38. The molecule has 20 heavy (non-hydrogen) atoms. The molecule has 0 fully saturated rings. The van der Waals surface area contributed by atoms with E-state index in [2.05, 4.69) is 5.32 Å². The second kappa shape index (κ2) is 7.96. The van der Waals surface area contributed by atoms with Crippen LogP contribution in [0, 0.1) is 0 Å². The molecule has 0 aromatic heterocycles. The quantitative estimate of drug-likeness (QED) is 0.875. The number of hydrogen-bond donors (Lipinski definition) is 2. The number of alkyl halides is 3. The van der Waals surface area contributed by atoms with Gasteiger partial charge in [-0.05, 0) is 17.7 Å². The number of carbonyl (C=O) groups excluding carboxylic acids is 1. The standard InChI is InChI=1S/C12H15F3N2O2.ClH/c1-19-9-3-2-8(7-17-11(18)4-5-16)10(6-9)12(13,14)15;/h2-3,6H,4-5,7,16H2,1H3,(H,17,18);1H. The van der Waals surface area contributed by atoms with E-state index >= 15 is 0 Å². The largest absolute Gasteiger partial charge is 0.497 e. The van der Waals surface area contributed by atoms with Crippen LogP contribution in [0.25, 0.3) is 0 Å². The molecule has 0 spiro atoms. The summed E-state index contributed by atoms with van der Waals surface area (Å²) in [5, 5.41) is 2.39. The number of rotatable bonds is 5. The normalized spacial score (nSPS) is 10.7. The van der Waals surface area contributed by atoms with Crippen molar-refractivity contribution in [3.63, 3.8) is 0 Å². The van der Waals surface area contributed by atoms with Crippen LogP contribution in [0.15, 0.2) is 18.2 Å². The first-order chi connectivity index (χ1) is 8.88. The third-order valence-electron chi connectivity index (χ3n) is 2.47. The van der Waals surface area contributed by atoms with Crippen LogP contribution in [0.4, 0.5) is 13.2 Å². The Hall–Kier alpha value is -1.47. The maximum atomic E-state index is 12.8. The van der Waals surface area contributed by atoms with Crippen LogP contribution in [0.2, 0.25) is 0 Å². The van der Waals surface area contributed by atoms with Crippen LogP contribution in [0.5, 0.6) is 5.75 Å². The molecule has 3 N–H and O–H groups in total. The first-order valence-electron chi connectivity index (χ1n) is 5.59. The van der Waals surface area contributed by atoms with Gasteiger partial charge in [-0.15, -0.1) is 12.4 Å².